The quantitative estimate of drug-likeness (QED) is 0.296. The van der Waals surface area contributed by atoms with Crippen molar-refractivity contribution in [1.29, 1.82) is 0 Å². The molecule has 0 aromatic heterocycles. The van der Waals surface area contributed by atoms with Gasteiger partial charge < -0.3 is 0 Å². The van der Waals surface area contributed by atoms with Gasteiger partial charge in [-0.05, 0) is 12.8 Å². The predicted octanol–water partition coefficient (Wildman–Crippen LogP) is 2.53. The van der Waals surface area contributed by atoms with Crippen LogP contribution < -0.4 is 21.9 Å². The van der Waals surface area contributed by atoms with Gasteiger partial charge in [0.05, 0.1) is 14.6 Å². The first-order valence-corrected chi connectivity index (χ1v) is 14.7. The van der Waals surface area contributed by atoms with E-state index in [1.165, 1.54) is 54.5 Å². The summed E-state index contributed by atoms with van der Waals surface area (Å²) in [5, 5.41) is 5.82. The molecule has 0 N–H and O–H groups in total. The molecule has 4 aromatic rings. The summed E-state index contributed by atoms with van der Waals surface area (Å²) in [6, 6.07) is 18.1. The van der Waals surface area contributed by atoms with Gasteiger partial charge in [0.2, 0.25) is 0 Å². The Morgan fingerprint density at radius 1 is 0.760 bits per heavy atom. The van der Waals surface area contributed by atoms with Crippen LogP contribution in [0.2, 0.25) is 0 Å². The molecule has 0 spiro atoms. The van der Waals surface area contributed by atoms with E-state index >= 15 is 0 Å². The van der Waals surface area contributed by atoms with Crippen LogP contribution in [0.15, 0.2) is 48.5 Å². The molecule has 0 bridgehead atoms. The first kappa shape index (κ1) is 16.4. The Labute approximate surface area is 167 Å². The number of halogens is 2. The van der Waals surface area contributed by atoms with E-state index in [4.69, 9.17) is 17.0 Å². The van der Waals surface area contributed by atoms with Gasteiger partial charge in [-0.3, -0.25) is 0 Å². The predicted molar refractivity (Wildman–Crippen MR) is 108 cm³/mol. The Morgan fingerprint density at radius 3 is 1.64 bits per heavy atom. The van der Waals surface area contributed by atoms with Crippen LogP contribution in [0.25, 0.3) is 21.5 Å². The summed E-state index contributed by atoms with van der Waals surface area (Å²) in [6.45, 7) is 0. The van der Waals surface area contributed by atoms with Gasteiger partial charge in [0.15, 0.2) is 0 Å². The average Bonchev–Trinajstić information content (AvgIpc) is 3.50. The normalized spacial score (nSPS) is 12.4. The van der Waals surface area contributed by atoms with Gasteiger partial charge in [0, 0.05) is 0 Å². The van der Waals surface area contributed by atoms with Crippen LogP contribution in [0.4, 0.5) is 0 Å². The van der Waals surface area contributed by atoms with Crippen LogP contribution >= 0.6 is 17.0 Å². The van der Waals surface area contributed by atoms with E-state index in [1.807, 2.05) is 0 Å². The third kappa shape index (κ3) is 2.89. The zero-order valence-corrected chi connectivity index (χ0v) is 17.4. The molecule has 25 heavy (non-hydrogen) atoms. The number of benzene rings is 2. The number of hydrogen-bond acceptors (Lipinski definition) is 0. The molecular weight excluding hydrogens is 424 g/mol. The van der Waals surface area contributed by atoms with Crippen LogP contribution in [0, 0.1) is 0 Å². The van der Waals surface area contributed by atoms with Crippen molar-refractivity contribution in [3.8, 4) is 0 Å². The fourth-order valence-corrected chi connectivity index (χ4v) is 4.07. The summed E-state index contributed by atoms with van der Waals surface area (Å²) in [7, 11) is 14.5. The molecule has 0 unspecified atom stereocenters. The minimum atomic E-state index is -0.826. The van der Waals surface area contributed by atoms with Gasteiger partial charge in [-0.2, -0.15) is 44.8 Å². The number of rotatable bonds is 3. The molecule has 0 fully saturated rings. The van der Waals surface area contributed by atoms with Crippen molar-refractivity contribution in [3.63, 3.8) is 0 Å². The summed E-state index contributed by atoms with van der Waals surface area (Å²) in [5.74, 6) is 0. The van der Waals surface area contributed by atoms with E-state index in [0.29, 0.717) is 0 Å². The van der Waals surface area contributed by atoms with Gasteiger partial charge in [0.1, 0.15) is 0 Å². The van der Waals surface area contributed by atoms with Crippen molar-refractivity contribution in [2.75, 3.05) is 0 Å². The van der Waals surface area contributed by atoms with Gasteiger partial charge in [-0.1, -0.05) is 23.3 Å². The van der Waals surface area contributed by atoms with Crippen LogP contribution in [0.3, 0.4) is 0 Å². The second kappa shape index (κ2) is 6.45. The summed E-state index contributed by atoms with van der Waals surface area (Å²) >= 11 is -0.826. The summed E-state index contributed by atoms with van der Waals surface area (Å²) in [5.41, 5.74) is 8.86. The Bertz CT molecular complexity index is 1020. The van der Waals surface area contributed by atoms with Gasteiger partial charge >= 0.3 is 37.9 Å². The average molecular weight is 436 g/mol. The molecular formula is C20H12B2Cl2Zr. The van der Waals surface area contributed by atoms with Crippen molar-refractivity contribution in [1.82, 2.24) is 0 Å². The van der Waals surface area contributed by atoms with Crippen LogP contribution in [0.1, 0.15) is 11.1 Å². The third-order valence-corrected chi connectivity index (χ3v) is 5.25. The second-order valence-electron chi connectivity index (χ2n) is 6.65. The van der Waals surface area contributed by atoms with Crippen molar-refractivity contribution in [2.45, 2.75) is 12.8 Å². The first-order valence-electron chi connectivity index (χ1n) is 8.38. The van der Waals surface area contributed by atoms with E-state index in [0.717, 1.165) is 12.8 Å². The molecule has 0 saturated heterocycles. The molecule has 0 saturated carbocycles. The van der Waals surface area contributed by atoms with E-state index in [1.54, 1.807) is 0 Å². The summed E-state index contributed by atoms with van der Waals surface area (Å²) < 4.78 is 0. The van der Waals surface area contributed by atoms with Crippen molar-refractivity contribution >= 4 is 75.0 Å². The van der Waals surface area contributed by atoms with Gasteiger partial charge in [-0.15, -0.1) is 35.0 Å². The van der Waals surface area contributed by atoms with E-state index in [9.17, 15) is 0 Å². The second-order valence-corrected chi connectivity index (χ2v) is 10.4. The first-order chi connectivity index (χ1) is 12.3. The molecule has 0 aliphatic carbocycles. The Kier molecular flexibility index (Phi) is 4.24. The fraction of sp³-hybridized carbons (Fsp3) is 0.100. The molecule has 0 nitrogen and oxygen atoms in total. The Hall–Kier alpha value is -0.747. The maximum atomic E-state index is 4.93. The van der Waals surface area contributed by atoms with Gasteiger partial charge in [-0.25, -0.2) is 0 Å². The standard InChI is InChI=1S/C20H12B2.2ClH.Zr/c1-3-11(17-13(5-1)9-15-19(17)21-15)7-8-12-4-2-6-14-10-16-20(22-16)18(12)14;;;/h1-6,9-10H,7-8H2;2*1H;/q-2;;;+4/p-2. The number of hydrogen-bond donors (Lipinski definition) is 0. The van der Waals surface area contributed by atoms with E-state index in [-0.39, 0.29) is 0 Å². The van der Waals surface area contributed by atoms with Crippen molar-refractivity contribution in [2.24, 2.45) is 0 Å². The Morgan fingerprint density at radius 2 is 1.20 bits per heavy atom. The van der Waals surface area contributed by atoms with Crippen LogP contribution in [-0.4, -0.2) is 14.6 Å². The van der Waals surface area contributed by atoms with Crippen LogP contribution in [-0.2, 0) is 33.7 Å². The van der Waals surface area contributed by atoms with E-state index in [2.05, 4.69) is 63.1 Å². The molecule has 6 rings (SSSR count). The molecule has 2 aliphatic rings. The fourth-order valence-electron chi connectivity index (χ4n) is 4.07. The number of aryl methyl sites for hydroxylation is 2. The van der Waals surface area contributed by atoms with Crippen LogP contribution in [0.5, 0.6) is 0 Å². The van der Waals surface area contributed by atoms with Crippen molar-refractivity contribution < 1.29 is 20.8 Å². The molecule has 0 atom stereocenters. The van der Waals surface area contributed by atoms with Crippen molar-refractivity contribution in [3.05, 3.63) is 59.7 Å². The number of fused-ring (bicyclic) bond motifs is 6. The zero-order chi connectivity index (χ0) is 17.0. The molecule has 2 heterocycles. The monoisotopic (exact) mass is 434 g/mol. The van der Waals surface area contributed by atoms with Gasteiger partial charge in [0.25, 0.3) is 0 Å². The molecule has 0 amide bonds. The zero-order valence-electron chi connectivity index (χ0n) is 13.4. The molecule has 2 aliphatic heterocycles. The molecule has 4 aromatic carbocycles. The Balaban J connectivity index is 0.000000439. The van der Waals surface area contributed by atoms with E-state index < -0.39 is 20.8 Å². The SMILES string of the molecule is [B]1c2[cH-]c3cccc(CCc4cccc5[cH-]c6c(c45)[B]6)c3c21.[Cl][Zr+2][Cl]. The third-order valence-electron chi connectivity index (χ3n) is 5.25. The topological polar surface area (TPSA) is 0 Å². The molecule has 2 radical (unpaired) electrons. The molecule has 116 valence electrons. The summed E-state index contributed by atoms with van der Waals surface area (Å²) in [4.78, 5) is 0. The minimum absolute atomic E-state index is 0.826. The maximum absolute atomic E-state index is 4.93. The molecule has 5 heteroatoms. The summed E-state index contributed by atoms with van der Waals surface area (Å²) in [6.07, 6.45) is 2.25.